The molecule has 0 aliphatic heterocycles. The summed E-state index contributed by atoms with van der Waals surface area (Å²) in [5, 5.41) is 10.7. The molecule has 164 valence electrons. The highest BCUT2D eigenvalue weighted by Crippen LogP contribution is 2.25. The van der Waals surface area contributed by atoms with Gasteiger partial charge in [0.05, 0.1) is 19.4 Å². The lowest BCUT2D eigenvalue weighted by molar-refractivity contribution is 0.673. The van der Waals surface area contributed by atoms with E-state index in [2.05, 4.69) is 85.7 Å². The zero-order valence-electron chi connectivity index (χ0n) is 18.4. The first-order valence-electron chi connectivity index (χ1n) is 10.7. The molecule has 0 aliphatic carbocycles. The van der Waals surface area contributed by atoms with E-state index in [-0.39, 0.29) is 0 Å². The Morgan fingerprint density at radius 3 is 2.62 bits per heavy atom. The van der Waals surface area contributed by atoms with Crippen LogP contribution in [0.4, 0.5) is 0 Å². The summed E-state index contributed by atoms with van der Waals surface area (Å²) in [4.78, 5) is 13.2. The molecule has 8 heteroatoms. The van der Waals surface area contributed by atoms with Gasteiger partial charge in [0, 0.05) is 32.5 Å². The Labute approximate surface area is 188 Å². The zero-order valence-corrected chi connectivity index (χ0v) is 18.4. The Morgan fingerprint density at radius 2 is 1.91 bits per heavy atom. The average Bonchev–Trinajstić information content (AvgIpc) is 3.48. The number of guanidine groups is 1. The number of aromatic nitrogens is 5. The minimum atomic E-state index is 0.558. The molecule has 2 aromatic heterocycles. The van der Waals surface area contributed by atoms with Gasteiger partial charge < -0.3 is 15.2 Å². The van der Waals surface area contributed by atoms with Gasteiger partial charge >= 0.3 is 0 Å². The molecule has 0 amide bonds. The van der Waals surface area contributed by atoms with Crippen LogP contribution in [-0.4, -0.2) is 36.8 Å². The van der Waals surface area contributed by atoms with E-state index in [9.17, 15) is 0 Å². The molecule has 0 unspecified atom stereocenters. The van der Waals surface area contributed by atoms with Gasteiger partial charge in [-0.15, -0.1) is 0 Å². The molecule has 2 heterocycles. The van der Waals surface area contributed by atoms with E-state index < -0.39 is 0 Å². The van der Waals surface area contributed by atoms with Crippen LogP contribution in [0.1, 0.15) is 23.9 Å². The molecule has 0 spiro atoms. The lowest BCUT2D eigenvalue weighted by Gasteiger charge is -2.13. The van der Waals surface area contributed by atoms with Crippen molar-refractivity contribution in [2.24, 2.45) is 12.0 Å². The third-order valence-corrected chi connectivity index (χ3v) is 5.18. The maximum atomic E-state index is 4.79. The number of rotatable bonds is 8. The minimum absolute atomic E-state index is 0.558. The molecule has 0 bridgehead atoms. The molecule has 2 aromatic carbocycles. The predicted molar refractivity (Wildman–Crippen MR) is 126 cm³/mol. The molecular weight excluding hydrogens is 400 g/mol. The van der Waals surface area contributed by atoms with E-state index in [1.807, 2.05) is 19.6 Å². The summed E-state index contributed by atoms with van der Waals surface area (Å²) >= 11 is 0. The van der Waals surface area contributed by atoms with Crippen LogP contribution in [0, 0.1) is 0 Å². The van der Waals surface area contributed by atoms with Gasteiger partial charge in [-0.2, -0.15) is 5.10 Å². The molecule has 4 rings (SSSR count). The zero-order chi connectivity index (χ0) is 22.2. The highest BCUT2D eigenvalue weighted by molar-refractivity contribution is 5.80. The molecule has 0 fully saturated rings. The van der Waals surface area contributed by atoms with Crippen molar-refractivity contribution in [3.05, 3.63) is 90.5 Å². The smallest absolute Gasteiger partial charge is 0.191 e. The number of nitrogens with zero attached hydrogens (tertiary/aromatic N) is 6. The maximum Gasteiger partial charge on any atom is 0.191 e. The number of hydrogen-bond acceptors (Lipinski definition) is 4. The van der Waals surface area contributed by atoms with Crippen molar-refractivity contribution in [3.8, 4) is 11.1 Å². The molecule has 0 saturated heterocycles. The lowest BCUT2D eigenvalue weighted by Crippen LogP contribution is -2.37. The van der Waals surface area contributed by atoms with Crippen LogP contribution in [0.25, 0.3) is 11.1 Å². The molecule has 8 nitrogen and oxygen atoms in total. The lowest BCUT2D eigenvalue weighted by atomic mass is 9.98. The second-order valence-corrected chi connectivity index (χ2v) is 7.44. The first-order valence-corrected chi connectivity index (χ1v) is 10.7. The van der Waals surface area contributed by atoms with E-state index >= 15 is 0 Å². The third-order valence-electron chi connectivity index (χ3n) is 5.18. The van der Waals surface area contributed by atoms with Crippen LogP contribution in [0.3, 0.4) is 0 Å². The van der Waals surface area contributed by atoms with E-state index in [1.165, 1.54) is 22.3 Å². The maximum absolute atomic E-state index is 4.79. The van der Waals surface area contributed by atoms with Crippen molar-refractivity contribution in [1.82, 2.24) is 34.9 Å². The van der Waals surface area contributed by atoms with Gasteiger partial charge in [0.15, 0.2) is 5.96 Å². The number of aryl methyl sites for hydroxylation is 1. The number of benzene rings is 2. The van der Waals surface area contributed by atoms with Gasteiger partial charge in [-0.05, 0) is 29.2 Å². The summed E-state index contributed by atoms with van der Waals surface area (Å²) in [7, 11) is 1.88. The molecule has 0 saturated carbocycles. The highest BCUT2D eigenvalue weighted by Gasteiger charge is 2.07. The van der Waals surface area contributed by atoms with Gasteiger partial charge in [-0.1, -0.05) is 48.5 Å². The quantitative estimate of drug-likeness (QED) is 0.333. The van der Waals surface area contributed by atoms with E-state index in [4.69, 9.17) is 4.99 Å². The van der Waals surface area contributed by atoms with Crippen LogP contribution in [0.15, 0.2) is 78.6 Å². The summed E-state index contributed by atoms with van der Waals surface area (Å²) in [5.41, 5.74) is 4.78. The van der Waals surface area contributed by atoms with Crippen molar-refractivity contribution in [3.63, 3.8) is 0 Å². The standard InChI is InChI=1S/C24H28N8/c1-3-26-24(28-15-23-29-17-30-31(23)2)27-14-21-6-4-5-7-22(21)20-10-8-19(9-11-20)16-32-13-12-25-18-32/h4-13,17-18H,3,14-16H2,1-2H3,(H2,26,27,28). The fourth-order valence-electron chi connectivity index (χ4n) is 3.47. The van der Waals surface area contributed by atoms with Gasteiger partial charge in [-0.25, -0.2) is 15.0 Å². The van der Waals surface area contributed by atoms with Crippen molar-refractivity contribution in [2.75, 3.05) is 6.54 Å². The normalized spacial score (nSPS) is 11.5. The number of imidazole rings is 1. The van der Waals surface area contributed by atoms with Crippen molar-refractivity contribution in [2.45, 2.75) is 26.6 Å². The molecule has 4 aromatic rings. The molecule has 0 aliphatic rings. The van der Waals surface area contributed by atoms with E-state index in [1.54, 1.807) is 17.2 Å². The van der Waals surface area contributed by atoms with Crippen LogP contribution in [-0.2, 0) is 26.7 Å². The molecular formula is C24H28N8. The van der Waals surface area contributed by atoms with Gasteiger partial charge in [0.1, 0.15) is 12.2 Å². The third kappa shape index (κ3) is 5.40. The summed E-state index contributed by atoms with van der Waals surface area (Å²) in [5.74, 6) is 1.60. The van der Waals surface area contributed by atoms with Crippen molar-refractivity contribution >= 4 is 5.96 Å². The van der Waals surface area contributed by atoms with Gasteiger partial charge in [0.2, 0.25) is 0 Å². The summed E-state index contributed by atoms with van der Waals surface area (Å²) in [6, 6.07) is 17.1. The van der Waals surface area contributed by atoms with Crippen molar-refractivity contribution in [1.29, 1.82) is 0 Å². The number of hydrogen-bond donors (Lipinski definition) is 2. The average molecular weight is 429 g/mol. The highest BCUT2D eigenvalue weighted by atomic mass is 15.3. The topological polar surface area (TPSA) is 84.9 Å². The Morgan fingerprint density at radius 1 is 1.06 bits per heavy atom. The van der Waals surface area contributed by atoms with Crippen molar-refractivity contribution < 1.29 is 0 Å². The summed E-state index contributed by atoms with van der Waals surface area (Å²) < 4.78 is 3.82. The van der Waals surface area contributed by atoms with Gasteiger partial charge in [0.25, 0.3) is 0 Å². The number of nitrogens with one attached hydrogen (secondary N) is 2. The van der Waals surface area contributed by atoms with Crippen LogP contribution < -0.4 is 10.6 Å². The summed E-state index contributed by atoms with van der Waals surface area (Å²) in [6.45, 7) is 4.78. The fraction of sp³-hybridized carbons (Fsp3) is 0.250. The second kappa shape index (κ2) is 10.4. The monoisotopic (exact) mass is 428 g/mol. The number of aliphatic imine (C=N–C) groups is 1. The van der Waals surface area contributed by atoms with Gasteiger partial charge in [-0.3, -0.25) is 4.68 Å². The Kier molecular flexibility index (Phi) is 6.91. The van der Waals surface area contributed by atoms with Crippen LogP contribution >= 0.6 is 0 Å². The Hall–Kier alpha value is -3.94. The van der Waals surface area contributed by atoms with Crippen LogP contribution in [0.2, 0.25) is 0 Å². The fourth-order valence-corrected chi connectivity index (χ4v) is 3.47. The first kappa shape index (κ1) is 21.3. The second-order valence-electron chi connectivity index (χ2n) is 7.44. The molecule has 0 atom stereocenters. The molecule has 2 N–H and O–H groups in total. The SMILES string of the molecule is CCNC(=NCc1ccccc1-c1ccc(Cn2ccnc2)cc1)NCc1ncnn1C. The molecule has 32 heavy (non-hydrogen) atoms. The summed E-state index contributed by atoms with van der Waals surface area (Å²) in [6.07, 6.45) is 7.16. The first-order chi connectivity index (χ1) is 15.7. The van der Waals surface area contributed by atoms with Crippen LogP contribution in [0.5, 0.6) is 0 Å². The Balaban J connectivity index is 1.47. The van der Waals surface area contributed by atoms with E-state index in [0.717, 1.165) is 24.9 Å². The minimum Gasteiger partial charge on any atom is -0.357 e. The molecule has 0 radical (unpaired) electrons. The van der Waals surface area contributed by atoms with E-state index in [0.29, 0.717) is 13.1 Å². The largest absolute Gasteiger partial charge is 0.357 e. The Bertz CT molecular complexity index is 1140. The predicted octanol–water partition coefficient (Wildman–Crippen LogP) is 2.98.